The summed E-state index contributed by atoms with van der Waals surface area (Å²) in [4.78, 5) is 30.1. The second kappa shape index (κ2) is 11.7. The standard InChI is InChI=1S/C25H13Cl5F3N3O3/c26-15-9-14(4-5-16(15)39-10-12-2-1-3-13(8-12)25(31,32)33)35-23(37)17-18(24(38)36-7-6-34-11-36)20(28)22(30)21(29)19(17)27/h1-9,11H,10H2,(H,35,37). The molecule has 0 unspecified atom stereocenters. The first-order valence-electron chi connectivity index (χ1n) is 10.7. The second-order valence-corrected chi connectivity index (χ2v) is 9.79. The van der Waals surface area contributed by atoms with E-state index in [2.05, 4.69) is 10.3 Å². The summed E-state index contributed by atoms with van der Waals surface area (Å²) in [5.41, 5.74) is -0.996. The first-order chi connectivity index (χ1) is 18.4. The van der Waals surface area contributed by atoms with Gasteiger partial charge in [0.1, 0.15) is 18.7 Å². The Hall–Kier alpha value is -2.95. The Balaban J connectivity index is 1.57. The van der Waals surface area contributed by atoms with Crippen molar-refractivity contribution in [2.75, 3.05) is 5.32 Å². The zero-order valence-corrected chi connectivity index (χ0v) is 22.9. The molecule has 0 aliphatic carbocycles. The van der Waals surface area contributed by atoms with Crippen LogP contribution in [0.2, 0.25) is 25.1 Å². The van der Waals surface area contributed by atoms with Gasteiger partial charge in [0.2, 0.25) is 0 Å². The minimum absolute atomic E-state index is 0.0489. The van der Waals surface area contributed by atoms with Gasteiger partial charge in [0.25, 0.3) is 11.8 Å². The normalized spacial score (nSPS) is 11.4. The molecule has 0 fully saturated rings. The van der Waals surface area contributed by atoms with E-state index in [1.807, 2.05) is 0 Å². The molecule has 1 aromatic heterocycles. The molecule has 6 nitrogen and oxygen atoms in total. The fourth-order valence-corrected chi connectivity index (χ4v) is 4.70. The van der Waals surface area contributed by atoms with E-state index in [4.69, 9.17) is 62.7 Å². The predicted molar refractivity (Wildman–Crippen MR) is 144 cm³/mol. The first-order valence-corrected chi connectivity index (χ1v) is 12.6. The third-order valence-electron chi connectivity index (χ3n) is 5.29. The Labute approximate surface area is 244 Å². The van der Waals surface area contributed by atoms with E-state index in [1.165, 1.54) is 49.1 Å². The van der Waals surface area contributed by atoms with E-state index in [9.17, 15) is 22.8 Å². The monoisotopic (exact) mass is 635 g/mol. The van der Waals surface area contributed by atoms with Gasteiger partial charge < -0.3 is 10.1 Å². The quantitative estimate of drug-likeness (QED) is 0.170. The van der Waals surface area contributed by atoms with Crippen molar-refractivity contribution in [2.45, 2.75) is 12.8 Å². The molecule has 0 aliphatic rings. The van der Waals surface area contributed by atoms with Crippen LogP contribution in [0.5, 0.6) is 5.75 Å². The Bertz CT molecular complexity index is 1580. The molecule has 1 amide bonds. The third-order valence-corrected chi connectivity index (χ3v) is 7.38. The number of aromatic nitrogens is 2. The van der Waals surface area contributed by atoms with Crippen LogP contribution in [0.3, 0.4) is 0 Å². The van der Waals surface area contributed by atoms with Crippen LogP contribution >= 0.6 is 58.0 Å². The van der Waals surface area contributed by atoms with Crippen molar-refractivity contribution in [3.8, 4) is 5.75 Å². The van der Waals surface area contributed by atoms with Gasteiger partial charge in [0.05, 0.1) is 41.8 Å². The summed E-state index contributed by atoms with van der Waals surface area (Å²) in [5.74, 6) is -1.43. The SMILES string of the molecule is O=C(Nc1ccc(OCc2cccc(C(F)(F)F)c2)c(Cl)c1)c1c(Cl)c(Cl)c(Cl)c(Cl)c1C(=O)n1ccnc1. The van der Waals surface area contributed by atoms with Crippen LogP contribution in [-0.2, 0) is 12.8 Å². The van der Waals surface area contributed by atoms with Crippen molar-refractivity contribution >= 4 is 75.5 Å². The van der Waals surface area contributed by atoms with Gasteiger partial charge in [-0.15, -0.1) is 0 Å². The Morgan fingerprint density at radius 3 is 2.23 bits per heavy atom. The first kappa shape index (κ1) is 29.0. The number of amides is 1. The number of hydrogen-bond donors (Lipinski definition) is 1. The number of carbonyl (C=O) groups excluding carboxylic acids is 2. The molecule has 4 aromatic rings. The largest absolute Gasteiger partial charge is 0.487 e. The maximum Gasteiger partial charge on any atom is 0.416 e. The summed E-state index contributed by atoms with van der Waals surface area (Å²) in [6.07, 6.45) is -0.592. The summed E-state index contributed by atoms with van der Waals surface area (Å²) < 4.78 is 45.5. The van der Waals surface area contributed by atoms with Gasteiger partial charge in [0.15, 0.2) is 0 Å². The van der Waals surface area contributed by atoms with Gasteiger partial charge in [-0.2, -0.15) is 13.2 Å². The number of ether oxygens (including phenoxy) is 1. The fraction of sp³-hybridized carbons (Fsp3) is 0.0800. The molecular weight excluding hydrogens is 625 g/mol. The van der Waals surface area contributed by atoms with Gasteiger partial charge in [0, 0.05) is 18.1 Å². The number of hydrogen-bond acceptors (Lipinski definition) is 4. The lowest BCUT2D eigenvalue weighted by Crippen LogP contribution is -2.21. The van der Waals surface area contributed by atoms with Crippen LogP contribution in [0.15, 0.2) is 61.2 Å². The molecule has 39 heavy (non-hydrogen) atoms. The van der Waals surface area contributed by atoms with Gasteiger partial charge in [-0.1, -0.05) is 70.1 Å². The van der Waals surface area contributed by atoms with Crippen molar-refractivity contribution in [2.24, 2.45) is 0 Å². The van der Waals surface area contributed by atoms with E-state index >= 15 is 0 Å². The third kappa shape index (κ3) is 6.28. The van der Waals surface area contributed by atoms with E-state index in [0.717, 1.165) is 16.7 Å². The van der Waals surface area contributed by atoms with Crippen LogP contribution in [0, 0.1) is 0 Å². The van der Waals surface area contributed by atoms with Crippen molar-refractivity contribution in [3.63, 3.8) is 0 Å². The molecule has 1 heterocycles. The van der Waals surface area contributed by atoms with Crippen LogP contribution in [0.1, 0.15) is 31.8 Å². The Morgan fingerprint density at radius 2 is 1.62 bits per heavy atom. The number of anilines is 1. The number of imidazole rings is 1. The van der Waals surface area contributed by atoms with Gasteiger partial charge >= 0.3 is 6.18 Å². The highest BCUT2D eigenvalue weighted by Crippen LogP contribution is 2.42. The van der Waals surface area contributed by atoms with Crippen LogP contribution in [0.25, 0.3) is 0 Å². The maximum atomic E-state index is 13.3. The average molecular weight is 638 g/mol. The fourth-order valence-electron chi connectivity index (χ4n) is 3.44. The lowest BCUT2D eigenvalue weighted by molar-refractivity contribution is -0.137. The smallest absolute Gasteiger partial charge is 0.416 e. The molecule has 0 aliphatic heterocycles. The van der Waals surface area contributed by atoms with Crippen molar-refractivity contribution in [3.05, 3.63) is 109 Å². The van der Waals surface area contributed by atoms with Gasteiger partial charge in [-0.05, 0) is 35.9 Å². The number of nitrogens with one attached hydrogen (secondary N) is 1. The zero-order chi connectivity index (χ0) is 28.5. The summed E-state index contributed by atoms with van der Waals surface area (Å²) in [6, 6.07) is 8.85. The zero-order valence-electron chi connectivity index (χ0n) is 19.1. The van der Waals surface area contributed by atoms with Gasteiger partial charge in [-0.3, -0.25) is 14.2 Å². The summed E-state index contributed by atoms with van der Waals surface area (Å²) in [6.45, 7) is -0.188. The molecule has 202 valence electrons. The highest BCUT2D eigenvalue weighted by Gasteiger charge is 2.31. The molecule has 0 radical (unpaired) electrons. The van der Waals surface area contributed by atoms with Crippen LogP contribution in [0.4, 0.5) is 18.9 Å². The van der Waals surface area contributed by atoms with E-state index < -0.39 is 23.6 Å². The molecule has 14 heteroatoms. The lowest BCUT2D eigenvalue weighted by Gasteiger charge is -2.16. The minimum Gasteiger partial charge on any atom is -0.487 e. The molecule has 0 saturated carbocycles. The maximum absolute atomic E-state index is 13.3. The lowest BCUT2D eigenvalue weighted by atomic mass is 10.0. The van der Waals surface area contributed by atoms with Crippen LogP contribution < -0.4 is 10.1 Å². The molecular formula is C25H13Cl5F3N3O3. The number of alkyl halides is 3. The van der Waals surface area contributed by atoms with Crippen molar-refractivity contribution < 1.29 is 27.5 Å². The second-order valence-electron chi connectivity index (χ2n) is 7.87. The van der Waals surface area contributed by atoms with E-state index in [-0.39, 0.29) is 59.8 Å². The van der Waals surface area contributed by atoms with Crippen molar-refractivity contribution in [1.82, 2.24) is 9.55 Å². The van der Waals surface area contributed by atoms with Gasteiger partial charge in [-0.25, -0.2) is 4.98 Å². The van der Waals surface area contributed by atoms with E-state index in [1.54, 1.807) is 0 Å². The molecule has 0 spiro atoms. The highest BCUT2D eigenvalue weighted by molar-refractivity contribution is 6.54. The molecule has 4 rings (SSSR count). The van der Waals surface area contributed by atoms with Crippen LogP contribution in [-0.4, -0.2) is 21.4 Å². The number of carbonyl (C=O) groups is 2. The summed E-state index contributed by atoms with van der Waals surface area (Å²) in [5, 5.41) is 1.57. The average Bonchev–Trinajstić information content (AvgIpc) is 3.43. The number of nitrogens with zero attached hydrogens (tertiary/aromatic N) is 2. The minimum atomic E-state index is -4.49. The van der Waals surface area contributed by atoms with Crippen molar-refractivity contribution in [1.29, 1.82) is 0 Å². The Kier molecular flexibility index (Phi) is 8.68. The molecule has 0 bridgehead atoms. The summed E-state index contributed by atoms with van der Waals surface area (Å²) in [7, 11) is 0. The molecule has 0 saturated heterocycles. The highest BCUT2D eigenvalue weighted by atomic mass is 35.5. The predicted octanol–water partition coefficient (Wildman–Crippen LogP) is 8.69. The molecule has 3 aromatic carbocycles. The Morgan fingerprint density at radius 1 is 0.923 bits per heavy atom. The summed E-state index contributed by atoms with van der Waals surface area (Å²) >= 11 is 31.1. The number of halogens is 8. The molecule has 1 N–H and O–H groups in total. The number of benzene rings is 3. The molecule has 0 atom stereocenters. The van der Waals surface area contributed by atoms with E-state index in [0.29, 0.717) is 0 Å². The number of rotatable bonds is 6. The topological polar surface area (TPSA) is 73.2 Å².